The van der Waals surface area contributed by atoms with Gasteiger partial charge >= 0.3 is 40.4 Å². The van der Waals surface area contributed by atoms with Gasteiger partial charge in [0.25, 0.3) is 16.7 Å². The lowest BCUT2D eigenvalue weighted by Gasteiger charge is -2.30. The number of anilines is 3. The highest BCUT2D eigenvalue weighted by Crippen LogP contribution is 2.61. The zero-order valence-electron chi connectivity index (χ0n) is 68.2. The van der Waals surface area contributed by atoms with Crippen LogP contribution in [-0.2, 0) is 146 Å². The lowest BCUT2D eigenvalue weighted by Crippen LogP contribution is -2.38. The van der Waals surface area contributed by atoms with Gasteiger partial charge in [-0.05, 0) is 79.8 Å². The van der Waals surface area contributed by atoms with Crippen molar-refractivity contribution in [3.63, 3.8) is 0 Å². The van der Waals surface area contributed by atoms with E-state index < -0.39 is 244 Å². The van der Waals surface area contributed by atoms with Crippen LogP contribution in [0.1, 0.15) is 62.3 Å². The molecule has 0 amide bonds. The number of rotatable bonds is 6. The Bertz CT molecular complexity index is 6500. The first kappa shape index (κ1) is 98.8. The van der Waals surface area contributed by atoms with Gasteiger partial charge in [0, 0.05) is 0 Å². The normalized spacial score (nSPS) is 37.4. The molecule has 0 radical (unpaired) electrons. The van der Waals surface area contributed by atoms with Crippen LogP contribution in [0.15, 0.2) is 71.3 Å². The van der Waals surface area contributed by atoms with Gasteiger partial charge in [-0.25, -0.2) is 96.9 Å². The van der Waals surface area contributed by atoms with Gasteiger partial charge in [0.15, 0.2) is 130 Å². The predicted molar refractivity (Wildman–Crippen MR) is 474 cm³/mol. The van der Waals surface area contributed by atoms with Crippen molar-refractivity contribution in [2.24, 2.45) is 0 Å². The van der Waals surface area contributed by atoms with E-state index in [1.54, 1.807) is 6.92 Å². The fourth-order valence-corrected chi connectivity index (χ4v) is 24.8. The molecule has 0 spiro atoms. The monoisotopic (exact) mass is 2140 g/mol. The van der Waals surface area contributed by atoms with Crippen molar-refractivity contribution in [2.75, 3.05) is 56.8 Å². The van der Waals surface area contributed by atoms with Crippen molar-refractivity contribution >= 4 is 196 Å². The minimum atomic E-state index is -4.41. The molecule has 9 saturated heterocycles. The number of ether oxygens (including phenoxy) is 6. The summed E-state index contributed by atoms with van der Waals surface area (Å²) in [7, 11) is 0. The fourth-order valence-electron chi connectivity index (χ4n) is 16.1. The molecule has 21 heterocycles. The molecule has 6 unspecified atom stereocenters. The highest BCUT2D eigenvalue weighted by molar-refractivity contribution is 8.44. The maximum absolute atomic E-state index is 16.1. The number of imidazole rings is 6. The molecular formula is C64H75F4N27O29P6S6. The molecule has 0 bridgehead atoms. The number of nitrogens with zero attached hydrogens (tertiary/aromatic N) is 21. The first-order chi connectivity index (χ1) is 63.9. The Hall–Kier alpha value is -7.35. The smallest absolute Gasteiger partial charge is 0.386 e. The average molecular weight is 2140 g/mol. The molecule has 9 aliphatic rings. The Balaban J connectivity index is 0.000000135. The van der Waals surface area contributed by atoms with Gasteiger partial charge in [0.2, 0.25) is 0 Å². The second-order valence-corrected chi connectivity index (χ2v) is 47.7. The molecule has 72 heteroatoms. The van der Waals surface area contributed by atoms with Crippen LogP contribution in [-0.4, -0.2) is 302 Å². The number of thiol groups is 1. The van der Waals surface area contributed by atoms with Crippen molar-refractivity contribution in [3.05, 3.63) is 105 Å². The molecule has 16 N–H and O–H groups in total. The van der Waals surface area contributed by atoms with E-state index in [0.717, 1.165) is 17.2 Å². The third-order valence-electron chi connectivity index (χ3n) is 22.1. The van der Waals surface area contributed by atoms with Gasteiger partial charge in [-0.3, -0.25) is 73.5 Å². The summed E-state index contributed by atoms with van der Waals surface area (Å²) in [5, 5.41) is 22.5. The Labute approximate surface area is 786 Å². The number of aryl methyl sites for hydroxylation is 3. The van der Waals surface area contributed by atoms with Gasteiger partial charge in [-0.1, -0.05) is 19.7 Å². The maximum atomic E-state index is 16.1. The van der Waals surface area contributed by atoms with Gasteiger partial charge in [0.05, 0.1) is 77.6 Å². The van der Waals surface area contributed by atoms with Crippen molar-refractivity contribution in [1.29, 1.82) is 0 Å². The number of alkyl halides is 4. The van der Waals surface area contributed by atoms with Gasteiger partial charge in [-0.15, -0.1) is 0 Å². The molecule has 30 atom stereocenters. The molecule has 734 valence electrons. The lowest BCUT2D eigenvalue weighted by atomic mass is 10.1. The minimum Gasteiger partial charge on any atom is -0.386 e. The Morgan fingerprint density at radius 2 is 0.574 bits per heavy atom. The van der Waals surface area contributed by atoms with E-state index >= 15 is 17.6 Å². The second-order valence-electron chi connectivity index (χ2n) is 30.8. The van der Waals surface area contributed by atoms with Crippen LogP contribution in [0, 0.1) is 20.8 Å². The lowest BCUT2D eigenvalue weighted by molar-refractivity contribution is -0.0589. The summed E-state index contributed by atoms with van der Waals surface area (Å²) in [6, 6.07) is 0. The number of aliphatic hydroxyl groups excluding tert-OH is 2. The van der Waals surface area contributed by atoms with Crippen molar-refractivity contribution in [3.8, 4) is 0 Å². The summed E-state index contributed by atoms with van der Waals surface area (Å²) < 4.78 is 187. The van der Waals surface area contributed by atoms with E-state index in [-0.39, 0.29) is 109 Å². The van der Waals surface area contributed by atoms with Crippen LogP contribution in [0.5, 0.6) is 0 Å². The molecular weight excluding hydrogens is 2070 g/mol. The van der Waals surface area contributed by atoms with Gasteiger partial charge in [0.1, 0.15) is 138 Å². The number of hydrogen-bond acceptors (Lipinski definition) is 47. The van der Waals surface area contributed by atoms with Crippen LogP contribution in [0.3, 0.4) is 0 Å². The molecule has 12 aromatic heterocycles. The van der Waals surface area contributed by atoms with Crippen LogP contribution in [0.25, 0.3) is 67.0 Å². The quantitative estimate of drug-likeness (QED) is 0.0632. The zero-order valence-corrected chi connectivity index (χ0v) is 78.6. The summed E-state index contributed by atoms with van der Waals surface area (Å²) in [6.45, 7) is -24.5. The number of aromatic nitrogens is 24. The van der Waals surface area contributed by atoms with E-state index in [9.17, 15) is 53.6 Å². The van der Waals surface area contributed by atoms with Gasteiger partial charge in [-0.2, -0.15) is 0 Å². The molecule has 9 fully saturated rings. The Morgan fingerprint density at radius 1 is 0.353 bits per heavy atom. The summed E-state index contributed by atoms with van der Waals surface area (Å²) in [5.41, 5.74) is 17.1. The number of nitrogens with two attached hydrogens (primary N) is 3. The van der Waals surface area contributed by atoms with Crippen LogP contribution < -0.4 is 33.9 Å². The summed E-state index contributed by atoms with van der Waals surface area (Å²) in [4.78, 5) is 160. The van der Waals surface area contributed by atoms with E-state index in [4.69, 9.17) is 159 Å². The van der Waals surface area contributed by atoms with E-state index in [1.807, 2.05) is 0 Å². The number of aromatic amines is 3. The van der Waals surface area contributed by atoms with Gasteiger partial charge < -0.3 is 118 Å². The fraction of sp³-hybridized carbons (Fsp3) is 0.531. The topological polar surface area (TPSA) is 724 Å². The summed E-state index contributed by atoms with van der Waals surface area (Å²) in [6.07, 6.45) is -25.5. The van der Waals surface area contributed by atoms with Crippen LogP contribution in [0.4, 0.5) is 35.0 Å². The highest BCUT2D eigenvalue weighted by Gasteiger charge is 2.59. The van der Waals surface area contributed by atoms with E-state index in [0.29, 0.717) is 0 Å². The average Bonchev–Trinajstić information content (AvgIpc) is 1.61. The minimum absolute atomic E-state index is 0. The first-order valence-electron chi connectivity index (χ1n) is 39.3. The highest BCUT2D eigenvalue weighted by atomic mass is 32.7. The Kier molecular flexibility index (Phi) is 27.5. The molecule has 0 saturated carbocycles. The van der Waals surface area contributed by atoms with E-state index in [1.165, 1.54) is 81.0 Å². The number of H-pyrrole nitrogens is 3. The molecule has 9 aliphatic heterocycles. The van der Waals surface area contributed by atoms with E-state index in [2.05, 4.69) is 102 Å². The number of hydrogen-bond donors (Lipinski definition) is 14. The third-order valence-corrected chi connectivity index (χ3v) is 31.5. The van der Waals surface area contributed by atoms with Crippen molar-refractivity contribution in [1.82, 2.24) is 117 Å². The standard InChI is InChI=1S/C21H23F2N9O9P2S2.2C21H24FN9O10P2S2.CH4/c1-7-29-18-13(19(33)30-7)28-6-32(18)21-11(23)15-9(39-21)3-37-42(34,44)40-14-8(2-36-43(35,45)41-15)38-20(10(14)22)31-5-27-12-16(24)25-4-26-17(12)31;1-7-28-18-12(19(33)29-7)27-6-31(18)20-10(22)14-8(38-20)2-36-43(35,45)41-15-9(3-37-42(34,44)40-14)39-21(13(15)32)30-5-26-11-16(23)24-4-25-17(11)30;1-7-28-18-12(19(33)29-7)27-6-31(18)21-13(32)15-9(39-21)3-37-42(34,44)40-14-8(2-36-43(35,45)41-15)38-20(10(14)22)30-5-26-11-16(23)24-4-25-17(11)30;/h4-6,8-11,14-15,20-21H,2-3H2,1H3,(H,34,44)(H,35,45)(H2,24,25,26)(H,29,30,33);2*4-6,8-10,13-15,20-21,32H,2-3H2,1H3,(H,34,44)(H,35,45)(H2,23,24,25)(H,28,29,33);1H4/t8-,9-,10-,11-,14-,15-,20-,21-,42?,43?;2*8-,9-,10-,13-,14-,15-,20-,21-,42?,43?;/m111./s1. The van der Waals surface area contributed by atoms with Crippen LogP contribution in [0.2, 0.25) is 0 Å². The van der Waals surface area contributed by atoms with Crippen molar-refractivity contribution in [2.45, 2.75) is 176 Å². The maximum Gasteiger partial charge on any atom is 0.386 e. The number of nitrogen functional groups attached to an aromatic ring is 3. The predicted octanol–water partition coefficient (Wildman–Crippen LogP) is 1.22. The molecule has 136 heavy (non-hydrogen) atoms. The molecule has 21 rings (SSSR count). The first-order valence-corrected chi connectivity index (χ1v) is 55.0. The van der Waals surface area contributed by atoms with Crippen LogP contribution >= 0.6 is 52.6 Å². The zero-order chi connectivity index (χ0) is 95.5. The second kappa shape index (κ2) is 37.8. The Morgan fingerprint density at radius 3 is 0.860 bits per heavy atom. The summed E-state index contributed by atoms with van der Waals surface area (Å²) in [5.74, 6) is 0.978. The number of halogens is 4. The number of fused-ring (bicyclic) bond motifs is 12. The number of aliphatic hydroxyl groups is 2. The number of nitrogens with one attached hydrogen (secondary N) is 3. The summed E-state index contributed by atoms with van der Waals surface area (Å²) >= 11 is 29.9. The molecule has 56 nitrogen and oxygen atoms in total. The third kappa shape index (κ3) is 19.2. The molecule has 0 aromatic carbocycles. The molecule has 12 aromatic rings. The van der Waals surface area contributed by atoms with Crippen molar-refractivity contribution < 1.29 is 140 Å². The SMILES string of the molecule is C.Cc1nc2c(ncn2[C@@H]2O[C@@H]3COP(O)(=S)O[C@H]4[C@@H](F)[C@H](n5cnc6c(N)ncnc65)O[C@@H]4COP(=O)(S)O[C@H]3[C@H]2F)c(=O)[nH]1.Cc1nc2c(ncn2[C@@H]2O[C@@H]3COP(O)(=S)O[C@H]4[C@@H](F)[C@H](n5cnc6c(N)ncnc65)O[C@@H]4COP(O)(=S)O[C@H]3[C@H]2O)c(=O)[nH]1.Cc1nc2c(ncn2[C@@H]2O[C@@H]3COP(O)(=S)O[C@H]4[C@@H](O)[C@H](n5cnc6c(N)ncnc65)O[C@@H]4COP(O)(=S)O[C@H]3[C@H]2F)c(=O)[nH]1. The molecule has 0 aliphatic carbocycles. The largest absolute Gasteiger partial charge is 0.386 e.